The minimum Gasteiger partial charge on any atom is -0.271 e. The molecule has 28 heavy (non-hydrogen) atoms. The molecule has 0 aromatic heterocycles. The van der Waals surface area contributed by atoms with E-state index in [2.05, 4.69) is 0 Å². The highest BCUT2D eigenvalue weighted by atomic mass is 32.1. The Labute approximate surface area is 170 Å². The molecule has 0 unspecified atom stereocenters. The second-order valence-electron chi connectivity index (χ2n) is 7.68. The fourth-order valence-electron chi connectivity index (χ4n) is 4.13. The molecule has 0 saturated heterocycles. The van der Waals surface area contributed by atoms with Crippen LogP contribution in [0.2, 0.25) is 0 Å². The van der Waals surface area contributed by atoms with Crippen molar-refractivity contribution >= 4 is 28.8 Å². The minimum atomic E-state index is -0.626. The summed E-state index contributed by atoms with van der Waals surface area (Å²) in [6.45, 7) is 2.04. The summed E-state index contributed by atoms with van der Waals surface area (Å²) in [4.78, 5) is 20.7. The lowest BCUT2D eigenvalue weighted by Gasteiger charge is -2.35. The molecule has 144 valence electrons. The van der Waals surface area contributed by atoms with Crippen molar-refractivity contribution in [2.75, 3.05) is 0 Å². The van der Waals surface area contributed by atoms with Crippen LogP contribution in [-0.2, 0) is 0 Å². The van der Waals surface area contributed by atoms with E-state index in [-0.39, 0.29) is 11.7 Å². The van der Waals surface area contributed by atoms with Crippen LogP contribution in [0.3, 0.4) is 0 Å². The first-order valence-electron chi connectivity index (χ1n) is 9.82. The van der Waals surface area contributed by atoms with Crippen LogP contribution in [-0.4, -0.2) is 27.2 Å². The van der Waals surface area contributed by atoms with Gasteiger partial charge in [0.2, 0.25) is 0 Å². The molecule has 1 aliphatic carbocycles. The molecule has 1 fully saturated rings. The molecule has 5 heteroatoms. The maximum Gasteiger partial charge on any atom is 0.260 e. The van der Waals surface area contributed by atoms with E-state index in [1.54, 1.807) is 4.90 Å². The van der Waals surface area contributed by atoms with E-state index in [1.165, 1.54) is 24.3 Å². The van der Waals surface area contributed by atoms with Crippen molar-refractivity contribution in [1.82, 2.24) is 4.90 Å². The van der Waals surface area contributed by atoms with E-state index in [9.17, 15) is 9.18 Å². The van der Waals surface area contributed by atoms with Gasteiger partial charge in [0.05, 0.1) is 0 Å². The van der Waals surface area contributed by atoms with Gasteiger partial charge in [-0.1, -0.05) is 54.9 Å². The lowest BCUT2D eigenvalue weighted by Crippen LogP contribution is -2.49. The zero-order chi connectivity index (χ0) is 19.7. The number of amides is 1. The Morgan fingerprint density at radius 2 is 1.61 bits per heavy atom. The Balaban J connectivity index is 1.77. The molecular formula is C23H23FN2OS. The SMILES string of the molecule is Cc1ccc(C2=NC3(CCCCCC3)N(C(=O)c3ccc(F)cc3)C2=S)cc1. The monoisotopic (exact) mass is 394 g/mol. The van der Waals surface area contributed by atoms with Gasteiger partial charge in [-0.25, -0.2) is 4.39 Å². The number of thiocarbonyl (C=S) groups is 1. The predicted molar refractivity (Wildman–Crippen MR) is 113 cm³/mol. The molecule has 1 aliphatic heterocycles. The average molecular weight is 395 g/mol. The highest BCUT2D eigenvalue weighted by Gasteiger charge is 2.48. The van der Waals surface area contributed by atoms with Crippen LogP contribution in [0.4, 0.5) is 4.39 Å². The fourth-order valence-corrected chi connectivity index (χ4v) is 4.55. The van der Waals surface area contributed by atoms with Gasteiger partial charge in [0.25, 0.3) is 5.91 Å². The third-order valence-electron chi connectivity index (χ3n) is 5.67. The molecule has 3 nitrogen and oxygen atoms in total. The molecule has 0 bridgehead atoms. The zero-order valence-electron chi connectivity index (χ0n) is 16.0. The van der Waals surface area contributed by atoms with Crippen molar-refractivity contribution in [2.45, 2.75) is 51.1 Å². The summed E-state index contributed by atoms with van der Waals surface area (Å²) >= 11 is 5.78. The standard InChI is InChI=1S/C23H23FN2OS/c1-16-6-8-17(9-7-16)20-22(28)26(21(27)18-10-12-19(24)13-11-18)23(25-20)14-4-2-3-5-15-23/h6-13H,2-5,14-15H2,1H3. The third-order valence-corrected chi connectivity index (χ3v) is 6.04. The topological polar surface area (TPSA) is 32.7 Å². The van der Waals surface area contributed by atoms with Crippen LogP contribution < -0.4 is 0 Å². The molecule has 1 spiro atoms. The first-order chi connectivity index (χ1) is 13.5. The van der Waals surface area contributed by atoms with Gasteiger partial charge >= 0.3 is 0 Å². The van der Waals surface area contributed by atoms with Crippen LogP contribution >= 0.6 is 12.2 Å². The number of benzene rings is 2. The largest absolute Gasteiger partial charge is 0.271 e. The highest BCUT2D eigenvalue weighted by molar-refractivity contribution is 7.82. The molecule has 1 amide bonds. The summed E-state index contributed by atoms with van der Waals surface area (Å²) in [7, 11) is 0. The molecule has 2 aliphatic rings. The number of aryl methyl sites for hydroxylation is 1. The summed E-state index contributed by atoms with van der Waals surface area (Å²) in [5, 5.41) is 0. The summed E-state index contributed by atoms with van der Waals surface area (Å²) in [5.41, 5.74) is 2.63. The van der Waals surface area contributed by atoms with Crippen molar-refractivity contribution < 1.29 is 9.18 Å². The number of halogens is 1. The summed E-state index contributed by atoms with van der Waals surface area (Å²) in [5.74, 6) is -0.556. The van der Waals surface area contributed by atoms with Crippen molar-refractivity contribution in [1.29, 1.82) is 0 Å². The van der Waals surface area contributed by atoms with Gasteiger partial charge in [-0.15, -0.1) is 0 Å². The van der Waals surface area contributed by atoms with Gasteiger partial charge < -0.3 is 0 Å². The molecule has 2 aromatic carbocycles. The maximum absolute atomic E-state index is 13.4. The number of nitrogens with zero attached hydrogens (tertiary/aromatic N) is 2. The van der Waals surface area contributed by atoms with Crippen LogP contribution in [0.5, 0.6) is 0 Å². The van der Waals surface area contributed by atoms with Crippen molar-refractivity contribution in [3.63, 3.8) is 0 Å². The Hall–Kier alpha value is -2.40. The molecule has 1 heterocycles. The number of aliphatic imine (C=N–C) groups is 1. The molecule has 4 rings (SSSR count). The van der Waals surface area contributed by atoms with Crippen molar-refractivity contribution in [2.24, 2.45) is 4.99 Å². The van der Waals surface area contributed by atoms with E-state index < -0.39 is 5.66 Å². The first kappa shape index (κ1) is 18.9. The van der Waals surface area contributed by atoms with E-state index in [0.29, 0.717) is 16.3 Å². The van der Waals surface area contributed by atoms with Crippen LogP contribution in [0.1, 0.15) is 60.0 Å². The van der Waals surface area contributed by atoms with Gasteiger partial charge in [-0.2, -0.15) is 0 Å². The Morgan fingerprint density at radius 1 is 1.00 bits per heavy atom. The summed E-state index contributed by atoms with van der Waals surface area (Å²) < 4.78 is 13.3. The average Bonchev–Trinajstić information content (AvgIpc) is 2.83. The maximum atomic E-state index is 13.4. The summed E-state index contributed by atoms with van der Waals surface area (Å²) in [6, 6.07) is 13.8. The van der Waals surface area contributed by atoms with Crippen LogP contribution in [0.25, 0.3) is 0 Å². The van der Waals surface area contributed by atoms with Gasteiger partial charge in [0, 0.05) is 11.1 Å². The highest BCUT2D eigenvalue weighted by Crippen LogP contribution is 2.40. The molecule has 0 N–H and O–H groups in total. The van der Waals surface area contributed by atoms with E-state index >= 15 is 0 Å². The van der Waals surface area contributed by atoms with Crippen LogP contribution in [0.15, 0.2) is 53.5 Å². The molecule has 2 aromatic rings. The van der Waals surface area contributed by atoms with E-state index in [4.69, 9.17) is 17.2 Å². The van der Waals surface area contributed by atoms with E-state index in [0.717, 1.165) is 49.7 Å². The number of rotatable bonds is 2. The lowest BCUT2D eigenvalue weighted by atomic mass is 9.99. The van der Waals surface area contributed by atoms with Crippen LogP contribution in [0, 0.1) is 12.7 Å². The Kier molecular flexibility index (Phi) is 5.11. The van der Waals surface area contributed by atoms with Crippen molar-refractivity contribution in [3.8, 4) is 0 Å². The molecule has 0 atom stereocenters. The summed E-state index contributed by atoms with van der Waals surface area (Å²) in [6.07, 6.45) is 5.91. The number of carbonyl (C=O) groups excluding carboxylic acids is 1. The molecule has 0 radical (unpaired) electrons. The van der Waals surface area contributed by atoms with Gasteiger partial charge in [-0.3, -0.25) is 14.7 Å². The number of carbonyl (C=O) groups is 1. The van der Waals surface area contributed by atoms with Gasteiger partial charge in [-0.05, 0) is 56.9 Å². The smallest absolute Gasteiger partial charge is 0.260 e. The molecule has 1 saturated carbocycles. The minimum absolute atomic E-state index is 0.197. The number of hydrogen-bond acceptors (Lipinski definition) is 3. The van der Waals surface area contributed by atoms with Gasteiger partial charge in [0.15, 0.2) is 0 Å². The predicted octanol–water partition coefficient (Wildman–Crippen LogP) is 5.46. The lowest BCUT2D eigenvalue weighted by molar-refractivity contribution is 0.0692. The Morgan fingerprint density at radius 3 is 2.21 bits per heavy atom. The quantitative estimate of drug-likeness (QED) is 0.634. The second-order valence-corrected chi connectivity index (χ2v) is 8.06. The number of hydrogen-bond donors (Lipinski definition) is 0. The normalized spacial score (nSPS) is 18.9. The molecular weight excluding hydrogens is 371 g/mol. The fraction of sp³-hybridized carbons (Fsp3) is 0.348. The zero-order valence-corrected chi connectivity index (χ0v) is 16.8. The van der Waals surface area contributed by atoms with Gasteiger partial charge in [0.1, 0.15) is 22.2 Å². The second kappa shape index (κ2) is 7.55. The first-order valence-corrected chi connectivity index (χ1v) is 10.2. The van der Waals surface area contributed by atoms with Crippen molar-refractivity contribution in [3.05, 3.63) is 71.0 Å². The van der Waals surface area contributed by atoms with E-state index in [1.807, 2.05) is 31.2 Å². The Bertz CT molecular complexity index is 926. The third kappa shape index (κ3) is 3.39.